The maximum atomic E-state index is 14.0. The normalized spacial score (nSPS) is 11.0. The summed E-state index contributed by atoms with van der Waals surface area (Å²) in [6.45, 7) is 0.115. The van der Waals surface area contributed by atoms with Crippen LogP contribution in [-0.4, -0.2) is 40.1 Å². The second kappa shape index (κ2) is 6.56. The summed E-state index contributed by atoms with van der Waals surface area (Å²) in [7, 11) is 3.06. The first kappa shape index (κ1) is 16.2. The fourth-order valence-electron chi connectivity index (χ4n) is 2.33. The standard InChI is InChI=1S/C16H9F2N6OSi/c17-10-4-2-1-3-9(10)8-24-15(12-5-6-25-23-12)20-14(22-24)13-19-7-11(18)16(26)21-13/h1-7H,8H2. The highest BCUT2D eigenvalue weighted by Gasteiger charge is 2.19. The molecule has 0 spiro atoms. The van der Waals surface area contributed by atoms with Gasteiger partial charge in [0.05, 0.1) is 18.1 Å². The zero-order chi connectivity index (χ0) is 18.1. The minimum Gasteiger partial charge on any atom is -0.364 e. The Morgan fingerprint density at radius 2 is 1.88 bits per heavy atom. The summed E-state index contributed by atoms with van der Waals surface area (Å²) in [5, 5.41) is 8.17. The predicted molar refractivity (Wildman–Crippen MR) is 87.4 cm³/mol. The molecule has 3 aromatic heterocycles. The van der Waals surface area contributed by atoms with Crippen LogP contribution >= 0.6 is 0 Å². The van der Waals surface area contributed by atoms with E-state index < -0.39 is 5.82 Å². The van der Waals surface area contributed by atoms with Crippen LogP contribution in [0.5, 0.6) is 0 Å². The van der Waals surface area contributed by atoms with Gasteiger partial charge >= 0.3 is 0 Å². The van der Waals surface area contributed by atoms with E-state index in [1.807, 2.05) is 0 Å². The Morgan fingerprint density at radius 3 is 2.62 bits per heavy atom. The van der Waals surface area contributed by atoms with Crippen molar-refractivity contribution >= 4 is 15.6 Å². The van der Waals surface area contributed by atoms with Gasteiger partial charge in [-0.1, -0.05) is 23.4 Å². The number of hydrogen-bond acceptors (Lipinski definition) is 6. The van der Waals surface area contributed by atoms with Gasteiger partial charge < -0.3 is 4.52 Å². The van der Waals surface area contributed by atoms with Crippen molar-refractivity contribution in [1.82, 2.24) is 29.9 Å². The lowest BCUT2D eigenvalue weighted by atomic mass is 10.2. The quantitative estimate of drug-likeness (QED) is 0.509. The van der Waals surface area contributed by atoms with Gasteiger partial charge in [-0.25, -0.2) is 28.4 Å². The lowest BCUT2D eigenvalue weighted by Crippen LogP contribution is -2.15. The van der Waals surface area contributed by atoms with Crippen LogP contribution in [0.3, 0.4) is 0 Å². The highest BCUT2D eigenvalue weighted by molar-refractivity contribution is 6.30. The van der Waals surface area contributed by atoms with Crippen molar-refractivity contribution in [2.75, 3.05) is 0 Å². The number of benzene rings is 1. The lowest BCUT2D eigenvalue weighted by Gasteiger charge is -2.05. The first-order chi connectivity index (χ1) is 12.6. The van der Waals surface area contributed by atoms with Gasteiger partial charge in [-0.2, -0.15) is 0 Å². The zero-order valence-corrected chi connectivity index (χ0v) is 14.1. The van der Waals surface area contributed by atoms with Gasteiger partial charge in [-0.3, -0.25) is 0 Å². The number of rotatable bonds is 4. The molecule has 0 aliphatic heterocycles. The first-order valence-corrected chi connectivity index (χ1v) is 7.95. The Morgan fingerprint density at radius 1 is 1.04 bits per heavy atom. The van der Waals surface area contributed by atoms with Crippen LogP contribution in [0.25, 0.3) is 23.2 Å². The Balaban J connectivity index is 1.80. The average Bonchev–Trinajstić information content (AvgIpc) is 3.29. The number of nitrogens with zero attached hydrogens (tertiary/aromatic N) is 6. The molecule has 0 atom stereocenters. The Hall–Kier alpha value is -3.27. The third-order valence-corrected chi connectivity index (χ3v) is 3.91. The molecule has 4 aromatic rings. The fraction of sp³-hybridized carbons (Fsp3) is 0.0625. The summed E-state index contributed by atoms with van der Waals surface area (Å²) < 4.78 is 33.7. The first-order valence-electron chi connectivity index (χ1n) is 7.45. The van der Waals surface area contributed by atoms with Gasteiger partial charge in [0.1, 0.15) is 22.3 Å². The summed E-state index contributed by atoms with van der Waals surface area (Å²) in [5.41, 5.74) is 0.843. The molecule has 0 unspecified atom stereocenters. The van der Waals surface area contributed by atoms with Crippen molar-refractivity contribution in [2.24, 2.45) is 0 Å². The van der Waals surface area contributed by atoms with Gasteiger partial charge in [-0.15, -0.1) is 5.10 Å². The topological polar surface area (TPSA) is 82.5 Å². The molecule has 0 N–H and O–H groups in total. The van der Waals surface area contributed by atoms with E-state index in [9.17, 15) is 8.78 Å². The minimum absolute atomic E-state index is 0.0107. The van der Waals surface area contributed by atoms with Crippen molar-refractivity contribution in [2.45, 2.75) is 6.54 Å². The van der Waals surface area contributed by atoms with E-state index in [1.54, 1.807) is 24.3 Å². The van der Waals surface area contributed by atoms with E-state index in [-0.39, 0.29) is 29.3 Å². The zero-order valence-electron chi connectivity index (χ0n) is 13.1. The Kier molecular flexibility index (Phi) is 4.09. The van der Waals surface area contributed by atoms with Crippen molar-refractivity contribution in [3.05, 3.63) is 60.0 Å². The SMILES string of the molecule is Fc1ccccc1Cn1nc(-c2ncc(F)c([Si])n2)nc1-c1ccon1. The molecule has 4 rings (SSSR count). The number of halogens is 2. The van der Waals surface area contributed by atoms with E-state index in [0.29, 0.717) is 17.1 Å². The smallest absolute Gasteiger partial charge is 0.219 e. The second-order valence-corrected chi connectivity index (χ2v) is 5.76. The molecule has 0 saturated carbocycles. The van der Waals surface area contributed by atoms with Crippen LogP contribution in [-0.2, 0) is 6.54 Å². The third kappa shape index (κ3) is 3.01. The lowest BCUT2D eigenvalue weighted by molar-refractivity contribution is 0.421. The molecule has 0 amide bonds. The predicted octanol–water partition coefficient (Wildman–Crippen LogP) is 1.51. The van der Waals surface area contributed by atoms with Crippen LogP contribution in [0.2, 0.25) is 0 Å². The molecule has 10 heteroatoms. The van der Waals surface area contributed by atoms with E-state index in [4.69, 9.17) is 4.52 Å². The Labute approximate surface area is 149 Å². The summed E-state index contributed by atoms with van der Waals surface area (Å²) in [4.78, 5) is 12.2. The van der Waals surface area contributed by atoms with E-state index in [1.165, 1.54) is 17.0 Å². The van der Waals surface area contributed by atoms with Crippen LogP contribution in [0.15, 0.2) is 47.3 Å². The second-order valence-electron chi connectivity index (χ2n) is 5.28. The molecular weight excluding hydrogens is 358 g/mol. The average molecular weight is 367 g/mol. The molecular formula is C16H9F2N6OSi. The summed E-state index contributed by atoms with van der Waals surface area (Å²) in [6, 6.07) is 7.95. The molecule has 0 aliphatic rings. The van der Waals surface area contributed by atoms with Crippen LogP contribution in [0, 0.1) is 11.6 Å². The van der Waals surface area contributed by atoms with Crippen molar-refractivity contribution < 1.29 is 13.3 Å². The maximum absolute atomic E-state index is 14.0. The fourth-order valence-corrected chi connectivity index (χ4v) is 2.50. The van der Waals surface area contributed by atoms with E-state index >= 15 is 0 Å². The minimum atomic E-state index is -0.604. The van der Waals surface area contributed by atoms with E-state index in [0.717, 1.165) is 6.20 Å². The maximum Gasteiger partial charge on any atom is 0.219 e. The molecule has 127 valence electrons. The number of hydrogen-bond donors (Lipinski definition) is 0. The molecule has 26 heavy (non-hydrogen) atoms. The highest BCUT2D eigenvalue weighted by Crippen LogP contribution is 2.20. The van der Waals surface area contributed by atoms with Crippen LogP contribution < -0.4 is 5.32 Å². The largest absolute Gasteiger partial charge is 0.364 e. The van der Waals surface area contributed by atoms with Gasteiger partial charge in [0.25, 0.3) is 0 Å². The van der Waals surface area contributed by atoms with Crippen molar-refractivity contribution in [1.29, 1.82) is 0 Å². The van der Waals surface area contributed by atoms with Gasteiger partial charge in [-0.05, 0) is 6.07 Å². The monoisotopic (exact) mass is 367 g/mol. The van der Waals surface area contributed by atoms with Crippen LogP contribution in [0.1, 0.15) is 5.56 Å². The van der Waals surface area contributed by atoms with Crippen molar-refractivity contribution in [3.63, 3.8) is 0 Å². The van der Waals surface area contributed by atoms with Gasteiger partial charge in [0.2, 0.25) is 5.82 Å². The van der Waals surface area contributed by atoms with E-state index in [2.05, 4.69) is 35.4 Å². The van der Waals surface area contributed by atoms with Crippen LogP contribution in [0.4, 0.5) is 8.78 Å². The molecule has 7 nitrogen and oxygen atoms in total. The Bertz CT molecular complexity index is 1070. The van der Waals surface area contributed by atoms with Crippen molar-refractivity contribution in [3.8, 4) is 23.2 Å². The molecule has 3 heterocycles. The summed E-state index contributed by atoms with van der Waals surface area (Å²) >= 11 is 0. The molecule has 1 aromatic carbocycles. The molecule has 0 saturated heterocycles. The molecule has 3 radical (unpaired) electrons. The summed E-state index contributed by atoms with van der Waals surface area (Å²) in [6.07, 6.45) is 2.40. The molecule has 0 fully saturated rings. The van der Waals surface area contributed by atoms with Gasteiger partial charge in [0.15, 0.2) is 23.2 Å². The summed E-state index contributed by atoms with van der Waals surface area (Å²) in [5.74, 6) is -0.350. The molecule has 0 aliphatic carbocycles. The highest BCUT2D eigenvalue weighted by atomic mass is 28.1. The number of aromatic nitrogens is 6. The van der Waals surface area contributed by atoms with Gasteiger partial charge in [0, 0.05) is 11.6 Å². The third-order valence-electron chi connectivity index (χ3n) is 3.56. The molecule has 0 bridgehead atoms.